The van der Waals surface area contributed by atoms with Crippen LogP contribution in [0.15, 0.2) is 47.9 Å². The molecule has 0 fully saturated rings. The van der Waals surface area contributed by atoms with Gasteiger partial charge in [0.1, 0.15) is 0 Å². The number of hydrogen-bond donors (Lipinski definition) is 0. The van der Waals surface area contributed by atoms with Crippen LogP contribution < -0.4 is 0 Å². The van der Waals surface area contributed by atoms with Gasteiger partial charge in [-0.2, -0.15) is 10.1 Å². The molecular formula is C21H23N7OS. The molecule has 3 aromatic heterocycles. The van der Waals surface area contributed by atoms with Crippen molar-refractivity contribution in [3.8, 4) is 5.69 Å². The molecule has 8 nitrogen and oxygen atoms in total. The van der Waals surface area contributed by atoms with E-state index in [2.05, 4.69) is 20.2 Å². The maximum Gasteiger partial charge on any atom is 0.253 e. The van der Waals surface area contributed by atoms with Crippen molar-refractivity contribution in [2.75, 3.05) is 13.3 Å². The number of aromatic nitrogens is 6. The summed E-state index contributed by atoms with van der Waals surface area (Å²) in [5.74, 6) is 0.576. The summed E-state index contributed by atoms with van der Waals surface area (Å²) >= 11 is 1.47. The summed E-state index contributed by atoms with van der Waals surface area (Å²) in [4.78, 5) is 23.6. The fourth-order valence-corrected chi connectivity index (χ4v) is 3.68. The predicted molar refractivity (Wildman–Crippen MR) is 116 cm³/mol. The number of benzene rings is 1. The van der Waals surface area contributed by atoms with Gasteiger partial charge < -0.3 is 4.90 Å². The Kier molecular flexibility index (Phi) is 5.54. The van der Waals surface area contributed by atoms with Crippen LogP contribution in [0.3, 0.4) is 0 Å². The summed E-state index contributed by atoms with van der Waals surface area (Å²) in [6, 6.07) is 9.90. The van der Waals surface area contributed by atoms with Crippen LogP contribution in [-0.4, -0.2) is 53.5 Å². The summed E-state index contributed by atoms with van der Waals surface area (Å²) in [6.07, 6.45) is 5.93. The van der Waals surface area contributed by atoms with Gasteiger partial charge in [-0.3, -0.25) is 4.79 Å². The van der Waals surface area contributed by atoms with Crippen LogP contribution >= 0.6 is 11.8 Å². The van der Waals surface area contributed by atoms with Gasteiger partial charge in [-0.25, -0.2) is 14.2 Å². The highest BCUT2D eigenvalue weighted by molar-refractivity contribution is 7.98. The number of carbonyl (C=O) groups excluding carboxylic acids is 1. The van der Waals surface area contributed by atoms with Crippen molar-refractivity contribution in [2.45, 2.75) is 32.0 Å². The second-order valence-corrected chi connectivity index (χ2v) is 7.90. The molecule has 0 saturated heterocycles. The van der Waals surface area contributed by atoms with E-state index in [1.54, 1.807) is 22.7 Å². The molecule has 154 valence electrons. The number of nitrogens with zero attached hydrogens (tertiary/aromatic N) is 7. The van der Waals surface area contributed by atoms with Crippen molar-refractivity contribution in [1.29, 1.82) is 0 Å². The zero-order valence-corrected chi connectivity index (χ0v) is 18.2. The van der Waals surface area contributed by atoms with Crippen LogP contribution in [0.1, 0.15) is 22.5 Å². The van der Waals surface area contributed by atoms with Crippen molar-refractivity contribution in [3.63, 3.8) is 0 Å². The zero-order chi connectivity index (χ0) is 21.3. The van der Waals surface area contributed by atoms with Crippen LogP contribution in [-0.2, 0) is 17.8 Å². The number of likely N-dealkylation sites (N-methyl/N-ethyl adjacent to an activating group) is 1. The molecule has 0 atom stereocenters. The molecule has 1 amide bonds. The fourth-order valence-electron chi connectivity index (χ4n) is 3.34. The minimum atomic E-state index is 0.0139. The monoisotopic (exact) mass is 421 g/mol. The summed E-state index contributed by atoms with van der Waals surface area (Å²) in [7, 11) is 1.81. The molecule has 1 aromatic carbocycles. The van der Waals surface area contributed by atoms with E-state index < -0.39 is 0 Å². The Balaban J connectivity index is 1.49. The van der Waals surface area contributed by atoms with Crippen LogP contribution in [0.5, 0.6) is 0 Å². The largest absolute Gasteiger partial charge is 0.341 e. The second-order valence-electron chi connectivity index (χ2n) is 7.13. The number of amides is 1. The van der Waals surface area contributed by atoms with Gasteiger partial charge in [0.15, 0.2) is 0 Å². The Morgan fingerprint density at radius 3 is 2.67 bits per heavy atom. The van der Waals surface area contributed by atoms with E-state index in [1.165, 1.54) is 11.8 Å². The summed E-state index contributed by atoms with van der Waals surface area (Å²) in [6.45, 7) is 4.35. The Hall–Kier alpha value is -3.20. The molecule has 0 saturated carbocycles. The fraction of sp³-hybridized carbons (Fsp3) is 0.286. The maximum atomic E-state index is 12.9. The highest BCUT2D eigenvalue weighted by Gasteiger charge is 2.18. The van der Waals surface area contributed by atoms with Gasteiger partial charge in [-0.1, -0.05) is 30.0 Å². The van der Waals surface area contributed by atoms with E-state index in [9.17, 15) is 4.79 Å². The summed E-state index contributed by atoms with van der Waals surface area (Å²) in [5.41, 5.74) is 4.54. The van der Waals surface area contributed by atoms with Crippen molar-refractivity contribution in [2.24, 2.45) is 0 Å². The van der Waals surface area contributed by atoms with Crippen LogP contribution in [0.2, 0.25) is 0 Å². The average Bonchev–Trinajstić information content (AvgIpc) is 3.38. The second kappa shape index (κ2) is 8.27. The number of para-hydroxylation sites is 1. The van der Waals surface area contributed by atoms with Gasteiger partial charge in [0, 0.05) is 42.3 Å². The Morgan fingerprint density at radius 2 is 1.93 bits per heavy atom. The van der Waals surface area contributed by atoms with Crippen molar-refractivity contribution < 1.29 is 4.79 Å². The Morgan fingerprint density at radius 1 is 1.17 bits per heavy atom. The molecule has 0 aliphatic heterocycles. The van der Waals surface area contributed by atoms with E-state index in [1.807, 2.05) is 61.3 Å². The third-order valence-electron chi connectivity index (χ3n) is 5.04. The molecule has 0 bridgehead atoms. The molecule has 4 rings (SSSR count). The van der Waals surface area contributed by atoms with Gasteiger partial charge >= 0.3 is 0 Å². The number of thioether (sulfide) groups is 1. The molecule has 0 unspecified atom stereocenters. The first kappa shape index (κ1) is 20.1. The third-order valence-corrected chi connectivity index (χ3v) is 5.58. The first-order valence-electron chi connectivity index (χ1n) is 9.56. The van der Waals surface area contributed by atoms with Gasteiger partial charge in [0.2, 0.25) is 11.1 Å². The number of fused-ring (bicyclic) bond motifs is 1. The third kappa shape index (κ3) is 3.93. The number of aryl methyl sites for hydroxylation is 2. The highest BCUT2D eigenvalue weighted by atomic mass is 32.2. The van der Waals surface area contributed by atoms with Crippen LogP contribution in [0, 0.1) is 13.8 Å². The van der Waals surface area contributed by atoms with Crippen LogP contribution in [0.4, 0.5) is 0 Å². The standard InChI is InChI=1S/C21H23N7OS/c1-14-18(15(2)28-20(23-14)24-21(25-28)30-4)10-19(29)26(3)12-16-11-22-27(13-16)17-8-6-5-7-9-17/h5-9,11,13H,10,12H2,1-4H3. The van der Waals surface area contributed by atoms with E-state index in [4.69, 9.17) is 0 Å². The normalized spacial score (nSPS) is 11.2. The van der Waals surface area contributed by atoms with E-state index in [-0.39, 0.29) is 12.3 Å². The Bertz CT molecular complexity index is 1200. The van der Waals surface area contributed by atoms with Crippen molar-refractivity contribution in [1.82, 2.24) is 34.3 Å². The molecule has 0 radical (unpaired) electrons. The smallest absolute Gasteiger partial charge is 0.253 e. The summed E-state index contributed by atoms with van der Waals surface area (Å²) in [5, 5.41) is 9.53. The zero-order valence-electron chi connectivity index (χ0n) is 17.4. The number of carbonyl (C=O) groups is 1. The lowest BCUT2D eigenvalue weighted by Crippen LogP contribution is -2.28. The van der Waals surface area contributed by atoms with Gasteiger partial charge in [-0.05, 0) is 32.2 Å². The molecule has 0 aliphatic rings. The first-order chi connectivity index (χ1) is 14.5. The molecule has 0 aliphatic carbocycles. The minimum absolute atomic E-state index is 0.0139. The number of rotatable bonds is 6. The quantitative estimate of drug-likeness (QED) is 0.445. The first-order valence-corrected chi connectivity index (χ1v) is 10.8. The Labute approximate surface area is 178 Å². The lowest BCUT2D eigenvalue weighted by Gasteiger charge is -2.18. The van der Waals surface area contributed by atoms with E-state index in [0.717, 1.165) is 28.2 Å². The predicted octanol–water partition coefficient (Wildman–Crippen LogP) is 2.85. The summed E-state index contributed by atoms with van der Waals surface area (Å²) < 4.78 is 3.53. The lowest BCUT2D eigenvalue weighted by molar-refractivity contribution is -0.129. The van der Waals surface area contributed by atoms with E-state index >= 15 is 0 Å². The maximum absolute atomic E-state index is 12.9. The minimum Gasteiger partial charge on any atom is -0.341 e. The molecule has 9 heteroatoms. The van der Waals surface area contributed by atoms with Gasteiger partial charge in [-0.15, -0.1) is 5.10 Å². The lowest BCUT2D eigenvalue weighted by atomic mass is 10.1. The van der Waals surface area contributed by atoms with E-state index in [0.29, 0.717) is 17.5 Å². The number of hydrogen-bond acceptors (Lipinski definition) is 6. The van der Waals surface area contributed by atoms with Crippen LogP contribution in [0.25, 0.3) is 11.5 Å². The molecule has 3 heterocycles. The molecule has 0 N–H and O–H groups in total. The SMILES string of the molecule is CSc1nc2nc(C)c(CC(=O)N(C)Cc3cnn(-c4ccccc4)c3)c(C)n2n1. The van der Waals surface area contributed by atoms with Gasteiger partial charge in [0.25, 0.3) is 5.78 Å². The molecular weight excluding hydrogens is 398 g/mol. The molecule has 0 spiro atoms. The van der Waals surface area contributed by atoms with Crippen molar-refractivity contribution in [3.05, 3.63) is 65.2 Å². The van der Waals surface area contributed by atoms with Crippen molar-refractivity contribution >= 4 is 23.4 Å². The molecule has 4 aromatic rings. The molecule has 30 heavy (non-hydrogen) atoms. The average molecular weight is 422 g/mol. The highest BCUT2D eigenvalue weighted by Crippen LogP contribution is 2.18. The van der Waals surface area contributed by atoms with Gasteiger partial charge in [0.05, 0.1) is 18.3 Å². The topological polar surface area (TPSA) is 81.2 Å².